The topological polar surface area (TPSA) is 69.7 Å². The van der Waals surface area contributed by atoms with Gasteiger partial charge in [-0.15, -0.1) is 23.2 Å². The van der Waals surface area contributed by atoms with Crippen molar-refractivity contribution < 1.29 is 22.1 Å². The maximum Gasteiger partial charge on any atom is 0.309 e. The van der Waals surface area contributed by atoms with Gasteiger partial charge in [0.1, 0.15) is 10.9 Å². The van der Waals surface area contributed by atoms with E-state index in [1.807, 2.05) is 13.8 Å². The van der Waals surface area contributed by atoms with Gasteiger partial charge in [0.25, 0.3) is 10.1 Å². The number of alkyl halides is 2. The van der Waals surface area contributed by atoms with Gasteiger partial charge >= 0.3 is 5.97 Å². The first-order chi connectivity index (χ1) is 8.52. The first-order valence-electron chi connectivity index (χ1n) is 5.85. The minimum Gasteiger partial charge on any atom is -0.466 e. The lowest BCUT2D eigenvalue weighted by molar-refractivity contribution is -0.146. The largest absolute Gasteiger partial charge is 0.466 e. The fourth-order valence-corrected chi connectivity index (χ4v) is 3.61. The van der Waals surface area contributed by atoms with Crippen molar-refractivity contribution in [2.24, 2.45) is 17.3 Å². The zero-order chi connectivity index (χ0) is 15.0. The van der Waals surface area contributed by atoms with E-state index in [1.165, 1.54) is 0 Å². The Bertz CT molecular complexity index is 446. The third-order valence-corrected chi connectivity index (χ3v) is 4.41. The predicted octanol–water partition coefficient (Wildman–Crippen LogP) is 1.97. The van der Waals surface area contributed by atoms with Crippen molar-refractivity contribution in [3.05, 3.63) is 0 Å². The van der Waals surface area contributed by atoms with E-state index in [-0.39, 0.29) is 18.5 Å². The number of hydrogen-bond acceptors (Lipinski definition) is 5. The van der Waals surface area contributed by atoms with Gasteiger partial charge in [-0.25, -0.2) is 0 Å². The highest BCUT2D eigenvalue weighted by molar-refractivity contribution is 7.86. The molecule has 0 amide bonds. The van der Waals surface area contributed by atoms with Crippen LogP contribution in [0.5, 0.6) is 0 Å². The molecule has 0 heterocycles. The van der Waals surface area contributed by atoms with Gasteiger partial charge in [-0.05, 0) is 12.3 Å². The highest BCUT2D eigenvalue weighted by Gasteiger charge is 2.67. The van der Waals surface area contributed by atoms with Crippen LogP contribution in [0.3, 0.4) is 0 Å². The second-order valence-corrected chi connectivity index (χ2v) is 7.94. The molecule has 1 fully saturated rings. The lowest BCUT2D eigenvalue weighted by Crippen LogP contribution is -2.29. The van der Waals surface area contributed by atoms with Crippen LogP contribution in [0.1, 0.15) is 20.8 Å². The van der Waals surface area contributed by atoms with Crippen molar-refractivity contribution in [3.63, 3.8) is 0 Å². The highest BCUT2D eigenvalue weighted by Crippen LogP contribution is 2.62. The van der Waals surface area contributed by atoms with Crippen molar-refractivity contribution in [1.82, 2.24) is 0 Å². The molecule has 5 nitrogen and oxygen atoms in total. The third kappa shape index (κ3) is 3.97. The summed E-state index contributed by atoms with van der Waals surface area (Å²) >= 11 is 11.6. The Kier molecular flexibility index (Phi) is 5.15. The van der Waals surface area contributed by atoms with Gasteiger partial charge in [-0.2, -0.15) is 8.42 Å². The van der Waals surface area contributed by atoms with Crippen LogP contribution in [0.2, 0.25) is 0 Å². The molecule has 1 aliphatic carbocycles. The predicted molar refractivity (Wildman–Crippen MR) is 72.6 cm³/mol. The second-order valence-electron chi connectivity index (χ2n) is 5.18. The SMILES string of the molecule is CCOC(=O)C1C(C(OS(C)(=O)=O)C(Cl)Cl)C1(C)C. The average molecular weight is 333 g/mol. The summed E-state index contributed by atoms with van der Waals surface area (Å²) in [6, 6.07) is 0. The number of esters is 1. The number of hydrogen-bond donors (Lipinski definition) is 0. The summed E-state index contributed by atoms with van der Waals surface area (Å²) in [6.45, 7) is 5.63. The number of ether oxygens (including phenoxy) is 1. The van der Waals surface area contributed by atoms with E-state index in [2.05, 4.69) is 0 Å². The number of rotatable bonds is 6. The molecule has 0 aromatic rings. The molecule has 0 aromatic carbocycles. The van der Waals surface area contributed by atoms with Gasteiger partial charge in [0.15, 0.2) is 0 Å². The Morgan fingerprint density at radius 3 is 2.26 bits per heavy atom. The molecule has 0 radical (unpaired) electrons. The van der Waals surface area contributed by atoms with Crippen molar-refractivity contribution in [3.8, 4) is 0 Å². The molecule has 0 N–H and O–H groups in total. The maximum atomic E-state index is 11.8. The summed E-state index contributed by atoms with van der Waals surface area (Å²) in [5.74, 6) is -1.23. The molecular weight excluding hydrogens is 315 g/mol. The number of carbonyl (C=O) groups is 1. The zero-order valence-electron chi connectivity index (χ0n) is 11.2. The van der Waals surface area contributed by atoms with Crippen LogP contribution in [-0.2, 0) is 23.8 Å². The van der Waals surface area contributed by atoms with Gasteiger partial charge in [-0.3, -0.25) is 8.98 Å². The number of carbonyl (C=O) groups excluding carboxylic acids is 1. The van der Waals surface area contributed by atoms with Crippen LogP contribution in [0, 0.1) is 17.3 Å². The monoisotopic (exact) mass is 332 g/mol. The minimum atomic E-state index is -3.71. The smallest absolute Gasteiger partial charge is 0.309 e. The molecule has 8 heteroatoms. The average Bonchev–Trinajstić information content (AvgIpc) is 2.76. The van der Waals surface area contributed by atoms with Gasteiger partial charge in [0, 0.05) is 5.92 Å². The van der Waals surface area contributed by atoms with E-state index < -0.39 is 32.4 Å². The lowest BCUT2D eigenvalue weighted by Gasteiger charge is -2.18. The summed E-state index contributed by atoms with van der Waals surface area (Å²) < 4.78 is 32.4. The van der Waals surface area contributed by atoms with Gasteiger partial charge in [0.05, 0.1) is 18.8 Å². The van der Waals surface area contributed by atoms with Crippen LogP contribution in [-0.4, -0.2) is 38.2 Å². The lowest BCUT2D eigenvalue weighted by atomic mass is 10.1. The zero-order valence-corrected chi connectivity index (χ0v) is 13.6. The molecule has 0 bridgehead atoms. The third-order valence-electron chi connectivity index (χ3n) is 3.34. The fourth-order valence-electron chi connectivity index (χ4n) is 2.43. The van der Waals surface area contributed by atoms with Crippen LogP contribution < -0.4 is 0 Å². The molecule has 3 unspecified atom stereocenters. The molecule has 3 atom stereocenters. The maximum absolute atomic E-state index is 11.8. The highest BCUT2D eigenvalue weighted by atomic mass is 35.5. The standard InChI is InChI=1S/C11H18Cl2O5S/c1-5-17-10(14)7-6(11(7,2)3)8(9(12)13)18-19(4,15)16/h6-9H,5H2,1-4H3. The van der Waals surface area contributed by atoms with E-state index in [4.69, 9.17) is 32.1 Å². The van der Waals surface area contributed by atoms with Crippen LogP contribution in [0.25, 0.3) is 0 Å². The van der Waals surface area contributed by atoms with Crippen LogP contribution in [0.15, 0.2) is 0 Å². The first-order valence-corrected chi connectivity index (χ1v) is 8.54. The molecule has 112 valence electrons. The van der Waals surface area contributed by atoms with Crippen LogP contribution >= 0.6 is 23.2 Å². The normalized spacial score (nSPS) is 27.1. The van der Waals surface area contributed by atoms with Gasteiger partial charge < -0.3 is 4.74 Å². The molecule has 0 spiro atoms. The molecule has 19 heavy (non-hydrogen) atoms. The summed E-state index contributed by atoms with van der Waals surface area (Å²) in [6.07, 6.45) is -0.0343. The van der Waals surface area contributed by atoms with Crippen molar-refractivity contribution >= 4 is 39.3 Å². The number of halogens is 2. The molecule has 0 aliphatic heterocycles. The second kappa shape index (κ2) is 5.76. The Morgan fingerprint density at radius 2 is 1.89 bits per heavy atom. The molecular formula is C11H18Cl2O5S. The van der Waals surface area contributed by atoms with E-state index >= 15 is 0 Å². The summed E-state index contributed by atoms with van der Waals surface area (Å²) in [5, 5.41) is 0. The molecule has 0 aromatic heterocycles. The summed E-state index contributed by atoms with van der Waals surface area (Å²) in [4.78, 5) is 10.8. The molecule has 1 rings (SSSR count). The van der Waals surface area contributed by atoms with Crippen molar-refractivity contribution in [2.45, 2.75) is 31.7 Å². The van der Waals surface area contributed by atoms with E-state index in [0.717, 1.165) is 6.26 Å². The summed E-state index contributed by atoms with van der Waals surface area (Å²) in [5.41, 5.74) is -0.455. The Hall–Kier alpha value is -0.0400. The fraction of sp³-hybridized carbons (Fsp3) is 0.909. The molecule has 1 saturated carbocycles. The van der Waals surface area contributed by atoms with E-state index in [1.54, 1.807) is 6.92 Å². The van der Waals surface area contributed by atoms with Crippen molar-refractivity contribution in [2.75, 3.05) is 12.9 Å². The molecule has 0 saturated heterocycles. The quantitative estimate of drug-likeness (QED) is 0.422. The van der Waals surface area contributed by atoms with Gasteiger partial charge in [0.2, 0.25) is 0 Å². The van der Waals surface area contributed by atoms with Crippen LogP contribution in [0.4, 0.5) is 0 Å². The minimum absolute atomic E-state index is 0.265. The first kappa shape index (κ1) is 17.0. The van der Waals surface area contributed by atoms with E-state index in [0.29, 0.717) is 0 Å². The van der Waals surface area contributed by atoms with E-state index in [9.17, 15) is 13.2 Å². The Balaban J connectivity index is 2.90. The molecule has 1 aliphatic rings. The van der Waals surface area contributed by atoms with Gasteiger partial charge in [-0.1, -0.05) is 13.8 Å². The van der Waals surface area contributed by atoms with Crippen molar-refractivity contribution in [1.29, 1.82) is 0 Å². The summed E-state index contributed by atoms with van der Waals surface area (Å²) in [7, 11) is -3.71. The Morgan fingerprint density at radius 1 is 1.37 bits per heavy atom. The Labute approximate surface area is 123 Å².